The van der Waals surface area contributed by atoms with Gasteiger partial charge < -0.3 is 16.2 Å². The van der Waals surface area contributed by atoms with Gasteiger partial charge in [0.15, 0.2) is 0 Å². The zero-order valence-electron chi connectivity index (χ0n) is 14.6. The van der Waals surface area contributed by atoms with E-state index >= 15 is 0 Å². The Balaban J connectivity index is 2.27. The maximum Gasteiger partial charge on any atom is 0.303 e. The number of nitrogens with one attached hydrogen (secondary N) is 1. The molecule has 1 aromatic carbocycles. The minimum atomic E-state index is -0.755. The molecule has 1 aliphatic rings. The van der Waals surface area contributed by atoms with E-state index in [0.29, 0.717) is 18.5 Å². The molecule has 1 amide bonds. The molecule has 1 unspecified atom stereocenters. The monoisotopic (exact) mass is 332 g/mol. The van der Waals surface area contributed by atoms with Gasteiger partial charge in [0.25, 0.3) is 0 Å². The van der Waals surface area contributed by atoms with E-state index in [0.717, 1.165) is 25.7 Å². The lowest BCUT2D eigenvalue weighted by atomic mass is 9.63. The van der Waals surface area contributed by atoms with E-state index in [1.807, 2.05) is 18.2 Å². The number of benzene rings is 1. The number of aryl methyl sites for hydroxylation is 1. The Hall–Kier alpha value is -1.88. The van der Waals surface area contributed by atoms with E-state index in [4.69, 9.17) is 10.8 Å². The maximum absolute atomic E-state index is 11.6. The summed E-state index contributed by atoms with van der Waals surface area (Å²) in [5.41, 5.74) is 8.52. The van der Waals surface area contributed by atoms with E-state index < -0.39 is 11.9 Å². The van der Waals surface area contributed by atoms with Crippen LogP contribution >= 0.6 is 0 Å². The Morgan fingerprint density at radius 3 is 2.62 bits per heavy atom. The summed E-state index contributed by atoms with van der Waals surface area (Å²) >= 11 is 0. The Bertz CT molecular complexity index is 609. The number of aliphatic carboxylic acids is 1. The average Bonchev–Trinajstić information content (AvgIpc) is 2.57. The van der Waals surface area contributed by atoms with Gasteiger partial charge in [-0.25, -0.2) is 0 Å². The first-order valence-corrected chi connectivity index (χ1v) is 8.83. The molecule has 0 spiro atoms. The van der Waals surface area contributed by atoms with Gasteiger partial charge in [-0.05, 0) is 61.9 Å². The lowest BCUT2D eigenvalue weighted by Gasteiger charge is -2.45. The number of hydrogen-bond acceptors (Lipinski definition) is 3. The summed E-state index contributed by atoms with van der Waals surface area (Å²) in [5.74, 6) is -1.15. The molecule has 0 saturated heterocycles. The second-order valence-electron chi connectivity index (χ2n) is 6.64. The Labute approximate surface area is 143 Å². The molecule has 0 radical (unpaired) electrons. The largest absolute Gasteiger partial charge is 0.481 e. The minimum Gasteiger partial charge on any atom is -0.481 e. The summed E-state index contributed by atoms with van der Waals surface area (Å²) in [6.45, 7) is 5.06. The number of primary amides is 1. The van der Waals surface area contributed by atoms with Crippen molar-refractivity contribution in [2.75, 3.05) is 6.54 Å². The summed E-state index contributed by atoms with van der Waals surface area (Å²) in [4.78, 5) is 22.3. The van der Waals surface area contributed by atoms with Crippen LogP contribution in [0.25, 0.3) is 0 Å². The molecular weight excluding hydrogens is 304 g/mol. The van der Waals surface area contributed by atoms with Crippen LogP contribution in [0.4, 0.5) is 0 Å². The summed E-state index contributed by atoms with van der Waals surface area (Å²) in [6, 6.07) is 6.11. The van der Waals surface area contributed by atoms with E-state index in [9.17, 15) is 9.59 Å². The predicted octanol–water partition coefficient (Wildman–Crippen LogP) is 2.61. The number of rotatable bonds is 8. The van der Waals surface area contributed by atoms with Crippen molar-refractivity contribution in [3.63, 3.8) is 0 Å². The van der Waals surface area contributed by atoms with Gasteiger partial charge in [-0.2, -0.15) is 0 Å². The number of hydrogen-bond donors (Lipinski definition) is 3. The van der Waals surface area contributed by atoms with Crippen molar-refractivity contribution in [3.8, 4) is 0 Å². The molecule has 1 atom stereocenters. The van der Waals surface area contributed by atoms with Gasteiger partial charge in [0.2, 0.25) is 5.91 Å². The molecule has 5 heteroatoms. The predicted molar refractivity (Wildman–Crippen MR) is 94.2 cm³/mol. The van der Waals surface area contributed by atoms with E-state index in [1.165, 1.54) is 11.1 Å². The van der Waals surface area contributed by atoms with Crippen LogP contribution in [0, 0.1) is 0 Å². The number of amides is 1. The number of carboxylic acids is 1. The fraction of sp³-hybridized carbons (Fsp3) is 0.579. The molecule has 1 aliphatic carbocycles. The molecule has 2 rings (SSSR count). The van der Waals surface area contributed by atoms with Gasteiger partial charge in [0, 0.05) is 23.4 Å². The highest BCUT2D eigenvalue weighted by molar-refractivity contribution is 5.93. The number of carbonyl (C=O) groups excluding carboxylic acids is 1. The zero-order valence-corrected chi connectivity index (χ0v) is 14.6. The van der Waals surface area contributed by atoms with Gasteiger partial charge in [-0.15, -0.1) is 0 Å². The van der Waals surface area contributed by atoms with Gasteiger partial charge in [0.05, 0.1) is 0 Å². The molecule has 0 bridgehead atoms. The highest BCUT2D eigenvalue weighted by Gasteiger charge is 2.41. The van der Waals surface area contributed by atoms with Crippen LogP contribution in [0.3, 0.4) is 0 Å². The summed E-state index contributed by atoms with van der Waals surface area (Å²) in [5, 5.41) is 12.4. The van der Waals surface area contributed by atoms with Gasteiger partial charge >= 0.3 is 5.97 Å². The molecule has 0 aromatic heterocycles. The summed E-state index contributed by atoms with van der Waals surface area (Å²) in [6.07, 6.45) is 4.74. The first-order chi connectivity index (χ1) is 11.4. The second kappa shape index (κ2) is 7.79. The van der Waals surface area contributed by atoms with Gasteiger partial charge in [0.1, 0.15) is 0 Å². The second-order valence-corrected chi connectivity index (χ2v) is 6.64. The van der Waals surface area contributed by atoms with Crippen LogP contribution in [-0.4, -0.2) is 29.6 Å². The normalized spacial score (nSPS) is 18.8. The van der Waals surface area contributed by atoms with Crippen LogP contribution in [-0.2, 0) is 16.6 Å². The molecule has 1 aromatic rings. The highest BCUT2D eigenvalue weighted by atomic mass is 16.4. The van der Waals surface area contributed by atoms with Crippen molar-refractivity contribution in [3.05, 3.63) is 34.9 Å². The third-order valence-electron chi connectivity index (χ3n) is 5.52. The molecule has 0 heterocycles. The van der Waals surface area contributed by atoms with Crippen molar-refractivity contribution in [2.45, 2.75) is 63.8 Å². The fourth-order valence-corrected chi connectivity index (χ4v) is 4.11. The van der Waals surface area contributed by atoms with Gasteiger partial charge in [-0.3, -0.25) is 9.59 Å². The molecular formula is C19H28N2O3. The third kappa shape index (κ3) is 3.61. The minimum absolute atomic E-state index is 0.0394. The van der Waals surface area contributed by atoms with Crippen molar-refractivity contribution in [1.29, 1.82) is 0 Å². The first kappa shape index (κ1) is 18.5. The van der Waals surface area contributed by atoms with Crippen LogP contribution in [0.15, 0.2) is 18.2 Å². The first-order valence-electron chi connectivity index (χ1n) is 8.83. The van der Waals surface area contributed by atoms with Crippen molar-refractivity contribution >= 4 is 11.9 Å². The Morgan fingerprint density at radius 2 is 2.04 bits per heavy atom. The van der Waals surface area contributed by atoms with Crippen LogP contribution in [0.5, 0.6) is 0 Å². The lowest BCUT2D eigenvalue weighted by molar-refractivity contribution is -0.137. The maximum atomic E-state index is 11.6. The number of fused-ring (bicyclic) bond motifs is 1. The summed E-state index contributed by atoms with van der Waals surface area (Å²) in [7, 11) is 0. The Kier molecular flexibility index (Phi) is 5.99. The molecule has 0 aliphatic heterocycles. The number of nitrogens with two attached hydrogens (primary N) is 1. The molecule has 132 valence electrons. The standard InChI is InChI=1S/C19H28N2O3/c1-3-19(4-2)15-12-14(18(20)24)8-7-13(15)9-10-16(19)21-11-5-6-17(22)23/h7-8,12,16,21H,3-6,9-11H2,1-2H3,(H2,20,24)(H,22,23). The van der Waals surface area contributed by atoms with E-state index in [-0.39, 0.29) is 17.9 Å². The van der Waals surface area contributed by atoms with Crippen molar-refractivity contribution in [1.82, 2.24) is 5.32 Å². The fourth-order valence-electron chi connectivity index (χ4n) is 4.11. The van der Waals surface area contributed by atoms with Crippen LogP contribution < -0.4 is 11.1 Å². The van der Waals surface area contributed by atoms with E-state index in [2.05, 4.69) is 19.2 Å². The zero-order chi connectivity index (χ0) is 17.7. The van der Waals surface area contributed by atoms with Crippen LogP contribution in [0.2, 0.25) is 0 Å². The highest BCUT2D eigenvalue weighted by Crippen LogP contribution is 2.43. The van der Waals surface area contributed by atoms with Crippen molar-refractivity contribution in [2.24, 2.45) is 5.73 Å². The molecule has 5 nitrogen and oxygen atoms in total. The summed E-state index contributed by atoms with van der Waals surface area (Å²) < 4.78 is 0. The molecule has 24 heavy (non-hydrogen) atoms. The van der Waals surface area contributed by atoms with Gasteiger partial charge in [-0.1, -0.05) is 19.9 Å². The number of carbonyl (C=O) groups is 2. The molecule has 0 fully saturated rings. The number of carboxylic acid groups (broad SMARTS) is 1. The average molecular weight is 332 g/mol. The molecule has 0 saturated carbocycles. The third-order valence-corrected chi connectivity index (χ3v) is 5.52. The quantitative estimate of drug-likeness (QED) is 0.638. The lowest BCUT2D eigenvalue weighted by Crippen LogP contribution is -2.51. The van der Waals surface area contributed by atoms with Crippen LogP contribution in [0.1, 0.15) is 67.4 Å². The SMILES string of the molecule is CCC1(CC)c2cc(C(N)=O)ccc2CCC1NCCCC(=O)O. The topological polar surface area (TPSA) is 92.4 Å². The molecule has 4 N–H and O–H groups in total. The Morgan fingerprint density at radius 1 is 1.33 bits per heavy atom. The van der Waals surface area contributed by atoms with E-state index in [1.54, 1.807) is 0 Å². The smallest absolute Gasteiger partial charge is 0.303 e. The van der Waals surface area contributed by atoms with Crippen molar-refractivity contribution < 1.29 is 14.7 Å².